The molecule has 2 aliphatic rings. The van der Waals surface area contributed by atoms with Crippen molar-refractivity contribution in [1.29, 1.82) is 0 Å². The van der Waals surface area contributed by atoms with Crippen molar-refractivity contribution in [2.75, 3.05) is 6.61 Å². The van der Waals surface area contributed by atoms with E-state index < -0.39 is 6.10 Å². The van der Waals surface area contributed by atoms with E-state index in [4.69, 9.17) is 4.74 Å². The lowest BCUT2D eigenvalue weighted by molar-refractivity contribution is -0.144. The van der Waals surface area contributed by atoms with Crippen LogP contribution in [-0.2, 0) is 9.59 Å². The highest BCUT2D eigenvalue weighted by Gasteiger charge is 2.54. The second-order valence-corrected chi connectivity index (χ2v) is 11.6. The Hall–Kier alpha value is -2.08. The third-order valence-corrected chi connectivity index (χ3v) is 7.90. The molecule has 0 bridgehead atoms. The van der Waals surface area contributed by atoms with Crippen LogP contribution < -0.4 is 15.4 Å². The summed E-state index contributed by atoms with van der Waals surface area (Å²) in [5.41, 5.74) is -0.272. The summed E-state index contributed by atoms with van der Waals surface area (Å²) in [6, 6.07) is 9.31. The Labute approximate surface area is 198 Å². The van der Waals surface area contributed by atoms with Crippen molar-refractivity contribution in [3.63, 3.8) is 0 Å². The monoisotopic (exact) mass is 458 g/mol. The smallest absolute Gasteiger partial charge is 0.258 e. The van der Waals surface area contributed by atoms with Gasteiger partial charge in [-0.05, 0) is 81.8 Å². The molecule has 7 atom stereocenters. The SMILES string of the molecule is C[C@H]1[C@@H]2[C@@H](O)[C@H]([C@H](C)C(=O)NC(C)(C)C)CC[C@@]2(C)CC[C@@H]1NC(=O)COc1ccccc1. The molecule has 0 heterocycles. The summed E-state index contributed by atoms with van der Waals surface area (Å²) in [4.78, 5) is 25.4. The van der Waals surface area contributed by atoms with Crippen LogP contribution in [0.1, 0.15) is 67.2 Å². The van der Waals surface area contributed by atoms with Gasteiger partial charge in [0.15, 0.2) is 6.61 Å². The summed E-state index contributed by atoms with van der Waals surface area (Å²) >= 11 is 0. The van der Waals surface area contributed by atoms with Gasteiger partial charge in [-0.2, -0.15) is 0 Å². The molecular weight excluding hydrogens is 416 g/mol. The van der Waals surface area contributed by atoms with E-state index in [9.17, 15) is 14.7 Å². The normalized spacial score (nSPS) is 32.9. The van der Waals surface area contributed by atoms with Gasteiger partial charge in [0, 0.05) is 17.5 Å². The molecular formula is C27H42N2O4. The minimum absolute atomic E-state index is 0.00142. The molecule has 0 unspecified atom stereocenters. The standard InChI is InChI=1S/C27H42N2O4/c1-17(25(32)29-26(3,4)5)20-12-14-27(6)15-13-21(18(2)23(27)24(20)31)28-22(30)16-33-19-10-8-7-9-11-19/h7-11,17-18,20-21,23-24,31H,12-16H2,1-6H3,(H,28,30)(H,29,32)/t17-,18+,20-,21-,23+,24-,27-/m0/s1. The van der Waals surface area contributed by atoms with E-state index >= 15 is 0 Å². The first-order valence-corrected chi connectivity index (χ1v) is 12.4. The summed E-state index contributed by atoms with van der Waals surface area (Å²) in [7, 11) is 0. The molecule has 6 nitrogen and oxygen atoms in total. The maximum Gasteiger partial charge on any atom is 0.258 e. The van der Waals surface area contributed by atoms with Crippen molar-refractivity contribution >= 4 is 11.8 Å². The van der Waals surface area contributed by atoms with Crippen LogP contribution in [0.4, 0.5) is 0 Å². The number of aliphatic hydroxyl groups excluding tert-OH is 1. The molecule has 2 saturated carbocycles. The van der Waals surface area contributed by atoms with Crippen LogP contribution in [0.5, 0.6) is 5.75 Å². The highest BCUT2D eigenvalue weighted by Crippen LogP contribution is 2.55. The molecule has 6 heteroatoms. The maximum atomic E-state index is 12.8. The Morgan fingerprint density at radius 3 is 2.45 bits per heavy atom. The predicted molar refractivity (Wildman–Crippen MR) is 130 cm³/mol. The maximum absolute atomic E-state index is 12.8. The second kappa shape index (κ2) is 10.0. The highest BCUT2D eigenvalue weighted by atomic mass is 16.5. The molecule has 0 radical (unpaired) electrons. The summed E-state index contributed by atoms with van der Waals surface area (Å²) < 4.78 is 5.60. The third kappa shape index (κ3) is 6.08. The summed E-state index contributed by atoms with van der Waals surface area (Å²) in [5, 5.41) is 17.7. The summed E-state index contributed by atoms with van der Waals surface area (Å²) in [6.07, 6.45) is 3.12. The number of fused-ring (bicyclic) bond motifs is 1. The van der Waals surface area contributed by atoms with E-state index in [2.05, 4.69) is 24.5 Å². The number of carbonyl (C=O) groups excluding carboxylic acids is 2. The number of hydrogen-bond acceptors (Lipinski definition) is 4. The Balaban J connectivity index is 1.64. The van der Waals surface area contributed by atoms with Gasteiger partial charge in [0.05, 0.1) is 6.10 Å². The van der Waals surface area contributed by atoms with Gasteiger partial charge in [-0.1, -0.05) is 39.0 Å². The molecule has 0 aromatic heterocycles. The zero-order valence-corrected chi connectivity index (χ0v) is 21.1. The third-order valence-electron chi connectivity index (χ3n) is 7.90. The molecule has 184 valence electrons. The fourth-order valence-corrected chi connectivity index (χ4v) is 6.09. The van der Waals surface area contributed by atoms with Crippen LogP contribution in [0.25, 0.3) is 0 Å². The largest absolute Gasteiger partial charge is 0.484 e. The van der Waals surface area contributed by atoms with Crippen molar-refractivity contribution in [1.82, 2.24) is 10.6 Å². The number of amides is 2. The van der Waals surface area contributed by atoms with Crippen LogP contribution in [0.3, 0.4) is 0 Å². The molecule has 0 saturated heterocycles. The number of carbonyl (C=O) groups is 2. The Bertz CT molecular complexity index is 821. The highest BCUT2D eigenvalue weighted by molar-refractivity contribution is 5.79. The molecule has 1 aromatic rings. The topological polar surface area (TPSA) is 87.7 Å². The molecule has 2 amide bonds. The second-order valence-electron chi connectivity index (χ2n) is 11.6. The van der Waals surface area contributed by atoms with Gasteiger partial charge < -0.3 is 20.5 Å². The van der Waals surface area contributed by atoms with E-state index in [1.165, 1.54) is 0 Å². The zero-order chi connectivity index (χ0) is 24.4. The molecule has 1 aromatic carbocycles. The lowest BCUT2D eigenvalue weighted by atomic mass is 9.51. The predicted octanol–water partition coefficient (Wildman–Crippen LogP) is 3.92. The van der Waals surface area contributed by atoms with Crippen molar-refractivity contribution in [3.05, 3.63) is 30.3 Å². The van der Waals surface area contributed by atoms with E-state index in [1.54, 1.807) is 0 Å². The van der Waals surface area contributed by atoms with Gasteiger partial charge in [0.25, 0.3) is 5.91 Å². The van der Waals surface area contributed by atoms with Crippen molar-refractivity contribution in [2.45, 2.75) is 84.9 Å². The lowest BCUT2D eigenvalue weighted by Crippen LogP contribution is -2.59. The van der Waals surface area contributed by atoms with Crippen molar-refractivity contribution in [3.8, 4) is 5.75 Å². The minimum atomic E-state index is -0.570. The molecule has 0 spiro atoms. The number of aliphatic hydroxyl groups is 1. The summed E-state index contributed by atoms with van der Waals surface area (Å²) in [5.74, 6) is 0.342. The number of benzene rings is 1. The minimum Gasteiger partial charge on any atom is -0.484 e. The fourth-order valence-electron chi connectivity index (χ4n) is 6.09. The Morgan fingerprint density at radius 2 is 1.82 bits per heavy atom. The van der Waals surface area contributed by atoms with Crippen LogP contribution in [0.2, 0.25) is 0 Å². The molecule has 3 rings (SSSR count). The van der Waals surface area contributed by atoms with Crippen LogP contribution in [0.15, 0.2) is 30.3 Å². The van der Waals surface area contributed by atoms with E-state index in [0.29, 0.717) is 5.75 Å². The Kier molecular flexibility index (Phi) is 7.77. The quantitative estimate of drug-likeness (QED) is 0.603. The molecule has 33 heavy (non-hydrogen) atoms. The van der Waals surface area contributed by atoms with Crippen molar-refractivity contribution in [2.24, 2.45) is 29.1 Å². The number of nitrogens with one attached hydrogen (secondary N) is 2. The average Bonchev–Trinajstić information content (AvgIpc) is 2.73. The number of para-hydroxylation sites is 1. The number of ether oxygens (including phenoxy) is 1. The van der Waals surface area contributed by atoms with Crippen LogP contribution in [0, 0.1) is 29.1 Å². The van der Waals surface area contributed by atoms with Gasteiger partial charge in [-0.15, -0.1) is 0 Å². The van der Waals surface area contributed by atoms with Gasteiger partial charge in [0.1, 0.15) is 5.75 Å². The number of hydrogen-bond donors (Lipinski definition) is 3. The first-order chi connectivity index (χ1) is 15.4. The molecule has 3 N–H and O–H groups in total. The lowest BCUT2D eigenvalue weighted by Gasteiger charge is -2.56. The zero-order valence-electron chi connectivity index (χ0n) is 21.1. The van der Waals surface area contributed by atoms with Crippen LogP contribution in [-0.4, -0.2) is 41.2 Å². The van der Waals surface area contributed by atoms with E-state index in [0.717, 1.165) is 25.7 Å². The van der Waals surface area contributed by atoms with Gasteiger partial charge in [0.2, 0.25) is 5.91 Å². The van der Waals surface area contributed by atoms with Gasteiger partial charge in [-0.25, -0.2) is 0 Å². The molecule has 2 aliphatic carbocycles. The number of rotatable bonds is 6. The first-order valence-electron chi connectivity index (χ1n) is 12.4. The van der Waals surface area contributed by atoms with Crippen molar-refractivity contribution < 1.29 is 19.4 Å². The van der Waals surface area contributed by atoms with E-state index in [1.807, 2.05) is 58.0 Å². The average molecular weight is 459 g/mol. The van der Waals surface area contributed by atoms with Gasteiger partial charge in [-0.3, -0.25) is 9.59 Å². The van der Waals surface area contributed by atoms with Gasteiger partial charge >= 0.3 is 0 Å². The first kappa shape index (κ1) is 25.5. The molecule has 2 fully saturated rings. The summed E-state index contributed by atoms with van der Waals surface area (Å²) in [6.45, 7) is 12.2. The van der Waals surface area contributed by atoms with Crippen LogP contribution >= 0.6 is 0 Å². The Morgan fingerprint density at radius 1 is 1.18 bits per heavy atom. The van der Waals surface area contributed by atoms with E-state index in [-0.39, 0.29) is 59.1 Å². The molecule has 0 aliphatic heterocycles. The fraction of sp³-hybridized carbons (Fsp3) is 0.704.